The topological polar surface area (TPSA) is 26.0 Å². The lowest BCUT2D eigenvalue weighted by Gasteiger charge is -1.66. The van der Waals surface area contributed by atoms with E-state index in [1.54, 1.807) is 6.08 Å². The van der Waals surface area contributed by atoms with E-state index in [1.165, 1.54) is 6.20 Å². The molecular formula is C3H7NS. The van der Waals surface area contributed by atoms with Crippen molar-refractivity contribution < 1.29 is 0 Å². The number of thiol groups is 1. The van der Waals surface area contributed by atoms with E-state index in [2.05, 4.69) is 12.6 Å². The molecule has 0 atom stereocenters. The van der Waals surface area contributed by atoms with Crippen molar-refractivity contribution in [3.8, 4) is 0 Å². The van der Waals surface area contributed by atoms with E-state index >= 15 is 0 Å². The first-order valence-electron chi connectivity index (χ1n) is 1.39. The van der Waals surface area contributed by atoms with E-state index < -0.39 is 0 Å². The summed E-state index contributed by atoms with van der Waals surface area (Å²) >= 11 is 3.83. The minimum atomic E-state index is 0.733. The summed E-state index contributed by atoms with van der Waals surface area (Å²) in [7, 11) is 0. The zero-order valence-corrected chi connectivity index (χ0v) is 3.78. The van der Waals surface area contributed by atoms with Gasteiger partial charge in [0.1, 0.15) is 0 Å². The molecule has 0 amide bonds. The normalized spacial score (nSPS) is 9.80. The molecule has 0 radical (unpaired) electrons. The maximum atomic E-state index is 4.91. The van der Waals surface area contributed by atoms with Crippen LogP contribution >= 0.6 is 12.6 Å². The Hall–Kier alpha value is -0.110. The van der Waals surface area contributed by atoms with E-state index in [1.807, 2.05) is 0 Å². The highest BCUT2D eigenvalue weighted by Gasteiger charge is 1.52. The lowest BCUT2D eigenvalue weighted by Crippen LogP contribution is -1.74. The molecule has 0 aliphatic rings. The van der Waals surface area contributed by atoms with E-state index in [4.69, 9.17) is 5.73 Å². The van der Waals surface area contributed by atoms with E-state index in [-0.39, 0.29) is 0 Å². The quantitative estimate of drug-likeness (QED) is 0.446. The molecule has 0 unspecified atom stereocenters. The van der Waals surface area contributed by atoms with Gasteiger partial charge in [-0.15, -0.1) is 0 Å². The lowest BCUT2D eigenvalue weighted by molar-refractivity contribution is 1.56. The van der Waals surface area contributed by atoms with E-state index in [9.17, 15) is 0 Å². The number of rotatable bonds is 1. The van der Waals surface area contributed by atoms with Crippen LogP contribution in [0, 0.1) is 0 Å². The van der Waals surface area contributed by atoms with Gasteiger partial charge in [0.15, 0.2) is 0 Å². The molecule has 2 heteroatoms. The molecule has 5 heavy (non-hydrogen) atoms. The molecule has 0 aliphatic heterocycles. The maximum Gasteiger partial charge on any atom is 0.00996 e. The largest absolute Gasteiger partial charge is 0.405 e. The van der Waals surface area contributed by atoms with E-state index in [0.717, 1.165) is 5.75 Å². The van der Waals surface area contributed by atoms with Crippen LogP contribution < -0.4 is 5.73 Å². The van der Waals surface area contributed by atoms with Crippen molar-refractivity contribution in [3.05, 3.63) is 12.3 Å². The molecule has 0 aliphatic carbocycles. The van der Waals surface area contributed by atoms with Gasteiger partial charge in [-0.1, -0.05) is 6.08 Å². The zero-order valence-electron chi connectivity index (χ0n) is 2.89. The first kappa shape index (κ1) is 4.89. The molecule has 1 nitrogen and oxygen atoms in total. The molecule has 0 heterocycles. The summed E-state index contributed by atoms with van der Waals surface area (Å²) in [5.41, 5.74) is 4.91. The Morgan fingerprint density at radius 1 is 1.80 bits per heavy atom. The Balaban J connectivity index is 2.62. The molecule has 0 aromatic rings. The first-order valence-corrected chi connectivity index (χ1v) is 2.02. The predicted octanol–water partition coefficient (Wildman–Crippen LogP) is 0.389. The molecule has 0 bridgehead atoms. The molecule has 0 fully saturated rings. The summed E-state index contributed by atoms with van der Waals surface area (Å²) in [5, 5.41) is 0. The van der Waals surface area contributed by atoms with Gasteiger partial charge in [-0.3, -0.25) is 0 Å². The van der Waals surface area contributed by atoms with Crippen LogP contribution in [-0.2, 0) is 0 Å². The Kier molecular flexibility index (Phi) is 3.80. The Bertz CT molecular complexity index is 33.9. The molecule has 0 aromatic carbocycles. The Morgan fingerprint density at radius 3 is 2.40 bits per heavy atom. The fourth-order valence-electron chi connectivity index (χ4n) is 0.0609. The molecule has 0 saturated carbocycles. The van der Waals surface area contributed by atoms with Crippen LogP contribution in [0.15, 0.2) is 12.3 Å². The van der Waals surface area contributed by atoms with Gasteiger partial charge in [0, 0.05) is 5.75 Å². The van der Waals surface area contributed by atoms with Gasteiger partial charge in [0.2, 0.25) is 0 Å². The van der Waals surface area contributed by atoms with Crippen LogP contribution in [0.5, 0.6) is 0 Å². The van der Waals surface area contributed by atoms with E-state index in [0.29, 0.717) is 0 Å². The third kappa shape index (κ3) is 3.89. The smallest absolute Gasteiger partial charge is 0.00996 e. The average molecular weight is 89.2 g/mol. The van der Waals surface area contributed by atoms with Crippen molar-refractivity contribution in [3.63, 3.8) is 0 Å². The first-order chi connectivity index (χ1) is 2.41. The van der Waals surface area contributed by atoms with Crippen LogP contribution in [0.25, 0.3) is 0 Å². The molecule has 0 spiro atoms. The van der Waals surface area contributed by atoms with Gasteiger partial charge < -0.3 is 5.73 Å². The summed E-state index contributed by atoms with van der Waals surface area (Å²) in [4.78, 5) is 0. The minimum absolute atomic E-state index is 0.733. The molecule has 30 valence electrons. The van der Waals surface area contributed by atoms with Gasteiger partial charge in [-0.05, 0) is 6.20 Å². The SMILES string of the molecule is NC=CCS. The Morgan fingerprint density at radius 2 is 2.40 bits per heavy atom. The highest BCUT2D eigenvalue weighted by atomic mass is 32.1. The van der Waals surface area contributed by atoms with Crippen molar-refractivity contribution in [2.45, 2.75) is 0 Å². The summed E-state index contributed by atoms with van der Waals surface area (Å²) < 4.78 is 0. The molecule has 0 aromatic heterocycles. The second kappa shape index (κ2) is 3.89. The van der Waals surface area contributed by atoms with Crippen LogP contribution in [0.4, 0.5) is 0 Å². The third-order valence-electron chi connectivity index (χ3n) is 0.241. The van der Waals surface area contributed by atoms with Crippen molar-refractivity contribution in [2.75, 3.05) is 5.75 Å². The van der Waals surface area contributed by atoms with Gasteiger partial charge in [-0.2, -0.15) is 12.6 Å². The number of hydrogen-bond acceptors (Lipinski definition) is 2. The fraction of sp³-hybridized carbons (Fsp3) is 0.333. The molecular weight excluding hydrogens is 82.1 g/mol. The van der Waals surface area contributed by atoms with Gasteiger partial charge in [0.25, 0.3) is 0 Å². The monoisotopic (exact) mass is 89.0 g/mol. The molecule has 0 rings (SSSR count). The van der Waals surface area contributed by atoms with Crippen LogP contribution in [0.3, 0.4) is 0 Å². The van der Waals surface area contributed by atoms with Gasteiger partial charge in [-0.25, -0.2) is 0 Å². The van der Waals surface area contributed by atoms with Crippen molar-refractivity contribution in [1.29, 1.82) is 0 Å². The highest BCUT2D eigenvalue weighted by Crippen LogP contribution is 1.68. The minimum Gasteiger partial charge on any atom is -0.405 e. The van der Waals surface area contributed by atoms with Crippen LogP contribution in [-0.4, -0.2) is 5.75 Å². The summed E-state index contributed by atoms with van der Waals surface area (Å²) in [5.74, 6) is 0.733. The summed E-state index contributed by atoms with van der Waals surface area (Å²) in [6.45, 7) is 0. The van der Waals surface area contributed by atoms with Gasteiger partial charge >= 0.3 is 0 Å². The average Bonchev–Trinajstić information content (AvgIpc) is 1.41. The molecule has 2 N–H and O–H groups in total. The number of hydrogen-bond donors (Lipinski definition) is 2. The lowest BCUT2D eigenvalue weighted by atomic mass is 10.7. The van der Waals surface area contributed by atoms with Crippen molar-refractivity contribution in [2.24, 2.45) is 5.73 Å². The van der Waals surface area contributed by atoms with Gasteiger partial charge in [0.05, 0.1) is 0 Å². The fourth-order valence-corrected chi connectivity index (χ4v) is 0.183. The third-order valence-corrected chi connectivity index (χ3v) is 0.452. The van der Waals surface area contributed by atoms with Crippen molar-refractivity contribution in [1.82, 2.24) is 0 Å². The standard InChI is InChI=1S/C3H7NS/c4-2-1-3-5/h1-2,5H,3-4H2. The second-order valence-corrected chi connectivity index (χ2v) is 0.976. The van der Waals surface area contributed by atoms with Crippen LogP contribution in [0.2, 0.25) is 0 Å². The highest BCUT2D eigenvalue weighted by molar-refractivity contribution is 7.80. The summed E-state index contributed by atoms with van der Waals surface area (Å²) in [6.07, 6.45) is 3.25. The predicted molar refractivity (Wildman–Crippen MR) is 27.2 cm³/mol. The number of nitrogens with two attached hydrogens (primary N) is 1. The van der Waals surface area contributed by atoms with Crippen LogP contribution in [0.1, 0.15) is 0 Å². The maximum absolute atomic E-state index is 4.91. The zero-order chi connectivity index (χ0) is 4.12. The summed E-state index contributed by atoms with van der Waals surface area (Å²) in [6, 6.07) is 0. The second-order valence-electron chi connectivity index (χ2n) is 0.611. The Labute approximate surface area is 37.3 Å². The van der Waals surface area contributed by atoms with Crippen molar-refractivity contribution >= 4 is 12.6 Å². The molecule has 0 saturated heterocycles.